The van der Waals surface area contributed by atoms with Gasteiger partial charge in [-0.05, 0) is 42.5 Å². The zero-order valence-corrected chi connectivity index (χ0v) is 18.7. The Balaban J connectivity index is 1.77. The lowest BCUT2D eigenvalue weighted by Gasteiger charge is -2.35. The number of urea groups is 1. The van der Waals surface area contributed by atoms with Crippen LogP contribution < -0.4 is 10.1 Å². The molecule has 0 fully saturated rings. The molecular formula is C23H26N4O3S. The predicted octanol–water partition coefficient (Wildman–Crippen LogP) is 5.49. The number of carbonyl (C=O) groups is 1. The van der Waals surface area contributed by atoms with E-state index in [1.165, 1.54) is 0 Å². The molecule has 31 heavy (non-hydrogen) atoms. The van der Waals surface area contributed by atoms with Crippen LogP contribution in [0, 0.1) is 0 Å². The van der Waals surface area contributed by atoms with E-state index in [0.717, 1.165) is 46.7 Å². The lowest BCUT2D eigenvalue weighted by Crippen LogP contribution is -2.46. The number of amides is 2. The van der Waals surface area contributed by atoms with Gasteiger partial charge in [0.15, 0.2) is 0 Å². The molecule has 4 rings (SSSR count). The third-order valence-electron chi connectivity index (χ3n) is 5.41. The zero-order valence-electron chi connectivity index (χ0n) is 17.9. The fourth-order valence-corrected chi connectivity index (χ4v) is 4.41. The fourth-order valence-electron chi connectivity index (χ4n) is 3.76. The largest absolute Gasteiger partial charge is 0.497 e. The first-order valence-corrected chi connectivity index (χ1v) is 11.3. The number of hydrogen-bond donors (Lipinski definition) is 1. The number of thiophene rings is 1. The highest BCUT2D eigenvalue weighted by Crippen LogP contribution is 2.38. The molecule has 1 N–H and O–H groups in total. The van der Waals surface area contributed by atoms with Gasteiger partial charge in [0.2, 0.25) is 5.82 Å². The van der Waals surface area contributed by atoms with Gasteiger partial charge < -0.3 is 14.6 Å². The Hall–Kier alpha value is -3.13. The maximum atomic E-state index is 13.0. The van der Waals surface area contributed by atoms with Gasteiger partial charge in [-0.1, -0.05) is 43.1 Å². The summed E-state index contributed by atoms with van der Waals surface area (Å²) in [7, 11) is 1.63. The third kappa shape index (κ3) is 4.34. The highest BCUT2D eigenvalue weighted by molar-refractivity contribution is 7.13. The van der Waals surface area contributed by atoms with E-state index in [1.54, 1.807) is 23.3 Å². The minimum absolute atomic E-state index is 0.122. The van der Waals surface area contributed by atoms with Gasteiger partial charge in [0.25, 0.3) is 5.89 Å². The fraction of sp³-hybridized carbons (Fsp3) is 0.348. The molecular weight excluding hydrogens is 412 g/mol. The van der Waals surface area contributed by atoms with Crippen molar-refractivity contribution in [2.45, 2.75) is 39.2 Å². The van der Waals surface area contributed by atoms with Gasteiger partial charge in [0.05, 0.1) is 23.6 Å². The van der Waals surface area contributed by atoms with Crippen LogP contribution in [0.5, 0.6) is 5.75 Å². The second-order valence-electron chi connectivity index (χ2n) is 7.42. The van der Waals surface area contributed by atoms with Crippen molar-refractivity contribution in [2.75, 3.05) is 13.7 Å². The molecule has 8 heteroatoms. The number of aromatic nitrogens is 2. The summed E-state index contributed by atoms with van der Waals surface area (Å²) in [6.45, 7) is 4.74. The molecule has 1 aliphatic heterocycles. The van der Waals surface area contributed by atoms with Gasteiger partial charge in [0, 0.05) is 12.2 Å². The molecule has 1 atom stereocenters. The molecule has 162 valence electrons. The number of methoxy groups -OCH3 is 1. The monoisotopic (exact) mass is 438 g/mol. The number of nitrogens with zero attached hydrogens (tertiary/aromatic N) is 3. The normalized spacial score (nSPS) is 16.5. The Morgan fingerprint density at radius 1 is 1.26 bits per heavy atom. The van der Waals surface area contributed by atoms with Crippen molar-refractivity contribution in [3.8, 4) is 16.5 Å². The maximum Gasteiger partial charge on any atom is 0.322 e. The first-order valence-electron chi connectivity index (χ1n) is 10.4. The van der Waals surface area contributed by atoms with E-state index in [-0.39, 0.29) is 6.03 Å². The lowest BCUT2D eigenvalue weighted by atomic mass is 9.94. The van der Waals surface area contributed by atoms with Crippen molar-refractivity contribution < 1.29 is 14.1 Å². The summed E-state index contributed by atoms with van der Waals surface area (Å²) in [5.74, 6) is 1.68. The summed E-state index contributed by atoms with van der Waals surface area (Å²) in [6, 6.07) is 11.0. The third-order valence-corrected chi connectivity index (χ3v) is 6.27. The Kier molecular flexibility index (Phi) is 6.36. The van der Waals surface area contributed by atoms with Crippen LogP contribution in [0.15, 0.2) is 52.0 Å². The molecule has 0 spiro atoms. The topological polar surface area (TPSA) is 80.5 Å². The van der Waals surface area contributed by atoms with Crippen LogP contribution in [0.25, 0.3) is 16.3 Å². The summed E-state index contributed by atoms with van der Waals surface area (Å²) >= 11 is 1.56. The number of hydrogen-bond acceptors (Lipinski definition) is 6. The van der Waals surface area contributed by atoms with Crippen LogP contribution in [0.4, 0.5) is 4.79 Å². The minimum atomic E-state index is -0.415. The van der Waals surface area contributed by atoms with E-state index in [2.05, 4.69) is 22.4 Å². The molecule has 7 nitrogen and oxygen atoms in total. The second-order valence-corrected chi connectivity index (χ2v) is 8.37. The molecule has 3 heterocycles. The SMILES string of the molecule is CCCCCN1C(=O)NC(c2cccc(OC)c2)C(c2nc(-c3cccs3)no2)=C1C. The molecule has 2 aromatic heterocycles. The molecule has 0 saturated carbocycles. The highest BCUT2D eigenvalue weighted by atomic mass is 32.1. The summed E-state index contributed by atoms with van der Waals surface area (Å²) in [5.41, 5.74) is 2.53. The van der Waals surface area contributed by atoms with E-state index in [4.69, 9.17) is 9.26 Å². The quantitative estimate of drug-likeness (QED) is 0.470. The molecule has 3 aromatic rings. The Labute approximate surface area is 185 Å². The number of nitrogens with one attached hydrogen (secondary N) is 1. The van der Waals surface area contributed by atoms with Gasteiger partial charge in [-0.15, -0.1) is 11.3 Å². The van der Waals surface area contributed by atoms with E-state index in [9.17, 15) is 4.79 Å². The summed E-state index contributed by atoms with van der Waals surface area (Å²) < 4.78 is 11.1. The number of ether oxygens (including phenoxy) is 1. The van der Waals surface area contributed by atoms with Gasteiger partial charge in [0.1, 0.15) is 5.75 Å². The standard InChI is InChI=1S/C23H26N4O3S/c1-4-5-6-12-27-15(2)19(22-25-21(26-30-22)18-11-8-13-31-18)20(24-23(27)28)16-9-7-10-17(14-16)29-3/h7-11,13-14,20H,4-6,12H2,1-3H3,(H,24,28). The van der Waals surface area contributed by atoms with Crippen molar-refractivity contribution >= 4 is 22.9 Å². The molecule has 0 aliphatic carbocycles. The number of rotatable bonds is 8. The zero-order chi connectivity index (χ0) is 21.8. The Morgan fingerprint density at radius 3 is 2.87 bits per heavy atom. The van der Waals surface area contributed by atoms with Crippen molar-refractivity contribution in [3.63, 3.8) is 0 Å². The first kappa shape index (κ1) is 21.1. The lowest BCUT2D eigenvalue weighted by molar-refractivity contribution is 0.204. The number of unbranched alkanes of at least 4 members (excludes halogenated alkanes) is 2. The molecule has 0 bridgehead atoms. The van der Waals surface area contributed by atoms with Crippen LogP contribution in [0.1, 0.15) is 50.6 Å². The number of carbonyl (C=O) groups excluding carboxylic acids is 1. The first-order chi connectivity index (χ1) is 15.1. The molecule has 1 unspecified atom stereocenters. The average molecular weight is 439 g/mol. The second kappa shape index (κ2) is 9.34. The van der Waals surface area contributed by atoms with Crippen molar-refractivity contribution in [1.29, 1.82) is 0 Å². The summed E-state index contributed by atoms with van der Waals surface area (Å²) in [4.78, 5) is 20.4. The number of benzene rings is 1. The van der Waals surface area contributed by atoms with Gasteiger partial charge in [-0.3, -0.25) is 4.90 Å². The summed E-state index contributed by atoms with van der Waals surface area (Å²) in [5, 5.41) is 9.29. The van der Waals surface area contributed by atoms with Gasteiger partial charge in [-0.2, -0.15) is 4.98 Å². The van der Waals surface area contributed by atoms with Crippen molar-refractivity contribution in [2.24, 2.45) is 0 Å². The molecule has 1 aromatic carbocycles. The van der Waals surface area contributed by atoms with Crippen molar-refractivity contribution in [1.82, 2.24) is 20.4 Å². The molecule has 1 aliphatic rings. The van der Waals surface area contributed by atoms with Gasteiger partial charge >= 0.3 is 6.03 Å². The predicted molar refractivity (Wildman–Crippen MR) is 121 cm³/mol. The van der Waals surface area contributed by atoms with E-state index in [0.29, 0.717) is 18.3 Å². The average Bonchev–Trinajstić information content (AvgIpc) is 3.48. The van der Waals surface area contributed by atoms with E-state index < -0.39 is 6.04 Å². The number of allylic oxidation sites excluding steroid dienone is 1. The minimum Gasteiger partial charge on any atom is -0.497 e. The van der Waals surface area contributed by atoms with Crippen LogP contribution in [0.2, 0.25) is 0 Å². The van der Waals surface area contributed by atoms with Crippen LogP contribution >= 0.6 is 11.3 Å². The van der Waals surface area contributed by atoms with E-state index in [1.807, 2.05) is 48.7 Å². The molecule has 0 radical (unpaired) electrons. The Morgan fingerprint density at radius 2 is 2.13 bits per heavy atom. The van der Waals surface area contributed by atoms with Crippen molar-refractivity contribution in [3.05, 3.63) is 58.9 Å². The van der Waals surface area contributed by atoms with Crippen LogP contribution in [-0.4, -0.2) is 34.7 Å². The van der Waals surface area contributed by atoms with Crippen LogP contribution in [-0.2, 0) is 0 Å². The van der Waals surface area contributed by atoms with Crippen LogP contribution in [0.3, 0.4) is 0 Å². The van der Waals surface area contributed by atoms with E-state index >= 15 is 0 Å². The molecule has 2 amide bonds. The van der Waals surface area contributed by atoms with Gasteiger partial charge in [-0.25, -0.2) is 4.79 Å². The maximum absolute atomic E-state index is 13.0. The smallest absolute Gasteiger partial charge is 0.322 e. The Bertz CT molecular complexity index is 1070. The highest BCUT2D eigenvalue weighted by Gasteiger charge is 2.35. The summed E-state index contributed by atoms with van der Waals surface area (Å²) in [6.07, 6.45) is 3.09. The molecule has 0 saturated heterocycles.